The number of nitrogens with one attached hydrogen (secondary N) is 1. The van der Waals surface area contributed by atoms with Crippen molar-refractivity contribution in [2.24, 2.45) is 16.5 Å². The molecule has 0 bridgehead atoms. The van der Waals surface area contributed by atoms with Gasteiger partial charge in [0.15, 0.2) is 5.78 Å². The van der Waals surface area contributed by atoms with E-state index in [4.69, 9.17) is 16.2 Å². The van der Waals surface area contributed by atoms with Gasteiger partial charge in [0.25, 0.3) is 0 Å². The molecule has 5 N–H and O–H groups in total. The number of fused-ring (bicyclic) bond motifs is 2. The summed E-state index contributed by atoms with van der Waals surface area (Å²) in [6.07, 6.45) is 0. The highest BCUT2D eigenvalue weighted by molar-refractivity contribution is 7.91. The number of nitrogens with zero attached hydrogens (tertiary/aromatic N) is 1. The molecule has 8 nitrogen and oxygen atoms in total. The highest BCUT2D eigenvalue weighted by Crippen LogP contribution is 2.36. The van der Waals surface area contributed by atoms with E-state index in [0.29, 0.717) is 37.4 Å². The lowest BCUT2D eigenvalue weighted by Crippen LogP contribution is -2.22. The minimum absolute atomic E-state index is 0.0155. The Hall–Kier alpha value is -2.75. The molecule has 0 amide bonds. The third-order valence-corrected chi connectivity index (χ3v) is 6.18. The van der Waals surface area contributed by atoms with Gasteiger partial charge in [0, 0.05) is 42.0 Å². The van der Waals surface area contributed by atoms with E-state index in [-0.39, 0.29) is 32.6 Å². The van der Waals surface area contributed by atoms with Crippen molar-refractivity contribution >= 4 is 27.2 Å². The van der Waals surface area contributed by atoms with Crippen molar-refractivity contribution in [3.8, 4) is 0 Å². The zero-order valence-electron chi connectivity index (χ0n) is 15.4. The van der Waals surface area contributed by atoms with E-state index in [0.717, 1.165) is 0 Å². The van der Waals surface area contributed by atoms with Crippen LogP contribution in [0.2, 0.25) is 0 Å². The predicted molar refractivity (Wildman–Crippen MR) is 107 cm³/mol. The molecule has 0 aromatic heterocycles. The molecule has 0 radical (unpaired) electrons. The summed E-state index contributed by atoms with van der Waals surface area (Å²) in [5.74, 6) is -0.0799. The summed E-state index contributed by atoms with van der Waals surface area (Å²) in [5, 5.41) is 3.05. The van der Waals surface area contributed by atoms with Crippen molar-refractivity contribution in [2.75, 3.05) is 38.6 Å². The monoisotopic (exact) mass is 402 g/mol. The zero-order valence-corrected chi connectivity index (χ0v) is 16.3. The number of carbonyl (C=O) groups is 1. The lowest BCUT2D eigenvalue weighted by atomic mass is 10.0. The van der Waals surface area contributed by atoms with Gasteiger partial charge < -0.3 is 21.5 Å². The van der Waals surface area contributed by atoms with Crippen LogP contribution in [-0.2, 0) is 14.6 Å². The Balaban J connectivity index is 2.11. The summed E-state index contributed by atoms with van der Waals surface area (Å²) >= 11 is 0. The number of aliphatic imine (C=N–C) groups is 1. The molecule has 28 heavy (non-hydrogen) atoms. The van der Waals surface area contributed by atoms with Gasteiger partial charge in [-0.3, -0.25) is 4.79 Å². The van der Waals surface area contributed by atoms with E-state index in [1.165, 1.54) is 25.3 Å². The molecule has 0 spiro atoms. The second kappa shape index (κ2) is 8.09. The molecule has 1 heterocycles. The fraction of sp³-hybridized carbons (Fsp3) is 0.263. The van der Waals surface area contributed by atoms with Gasteiger partial charge in [-0.1, -0.05) is 0 Å². The van der Waals surface area contributed by atoms with Crippen LogP contribution in [0.15, 0.2) is 51.2 Å². The quantitative estimate of drug-likeness (QED) is 0.409. The highest BCUT2D eigenvalue weighted by Gasteiger charge is 2.35. The first-order valence-electron chi connectivity index (χ1n) is 8.74. The molecule has 3 rings (SSSR count). The van der Waals surface area contributed by atoms with Crippen molar-refractivity contribution in [2.45, 2.75) is 9.79 Å². The van der Waals surface area contributed by atoms with Crippen molar-refractivity contribution in [3.05, 3.63) is 53.1 Å². The van der Waals surface area contributed by atoms with E-state index in [1.807, 2.05) is 0 Å². The lowest BCUT2D eigenvalue weighted by molar-refractivity contribution is 0.103. The Labute approximate surface area is 163 Å². The van der Waals surface area contributed by atoms with Crippen LogP contribution in [-0.4, -0.2) is 53.4 Å². The van der Waals surface area contributed by atoms with Crippen LogP contribution in [0, 0.1) is 0 Å². The van der Waals surface area contributed by atoms with E-state index in [1.54, 1.807) is 18.2 Å². The van der Waals surface area contributed by atoms with Crippen molar-refractivity contribution in [1.82, 2.24) is 0 Å². The third-order valence-electron chi connectivity index (χ3n) is 4.33. The maximum Gasteiger partial charge on any atom is 0.215 e. The van der Waals surface area contributed by atoms with Gasteiger partial charge in [-0.05, 0) is 36.4 Å². The number of ether oxygens (including phenoxy) is 1. The molecule has 0 fully saturated rings. The fourth-order valence-corrected chi connectivity index (χ4v) is 4.69. The van der Waals surface area contributed by atoms with Crippen molar-refractivity contribution in [1.29, 1.82) is 0 Å². The largest absolute Gasteiger partial charge is 0.481 e. The topological polar surface area (TPSA) is 137 Å². The highest BCUT2D eigenvalue weighted by atomic mass is 32.2. The summed E-state index contributed by atoms with van der Waals surface area (Å²) < 4.78 is 31.5. The molecule has 1 aliphatic heterocycles. The Morgan fingerprint density at radius 3 is 2.54 bits per heavy atom. The molecule has 9 heteroatoms. The molecular weight excluding hydrogens is 380 g/mol. The second-order valence-corrected chi connectivity index (χ2v) is 8.04. The van der Waals surface area contributed by atoms with Crippen molar-refractivity contribution in [3.63, 3.8) is 0 Å². The number of anilines is 1. The molecular formula is C19H22N4O4S. The standard InChI is InChI=1S/C19H22N4O4S/c1-27-19(23-9-7-21)12-2-4-14-17(10-12)28(25,26)16-5-3-13(22-8-6-20)11-15(16)18(14)24/h2-5,10-11,22H,6-9,20-21H2,1H3. The van der Waals surface area contributed by atoms with E-state index >= 15 is 0 Å². The van der Waals surface area contributed by atoms with Gasteiger partial charge in [-0.25, -0.2) is 13.4 Å². The number of sulfone groups is 1. The van der Waals surface area contributed by atoms with Gasteiger partial charge in [-0.2, -0.15) is 0 Å². The van der Waals surface area contributed by atoms with Crippen LogP contribution in [0.25, 0.3) is 0 Å². The number of nitrogens with two attached hydrogens (primary N) is 2. The van der Waals surface area contributed by atoms with Crippen LogP contribution in [0.5, 0.6) is 0 Å². The van der Waals surface area contributed by atoms with E-state index in [2.05, 4.69) is 10.3 Å². The SMILES string of the molecule is COC(=NCCN)c1ccc2c(c1)S(=O)(=O)c1ccc(NCCN)cc1C2=O. The average Bonchev–Trinajstić information content (AvgIpc) is 2.71. The first-order chi connectivity index (χ1) is 13.4. The van der Waals surface area contributed by atoms with E-state index < -0.39 is 9.84 Å². The smallest absolute Gasteiger partial charge is 0.215 e. The lowest BCUT2D eigenvalue weighted by Gasteiger charge is -2.20. The van der Waals surface area contributed by atoms with Gasteiger partial charge in [0.05, 0.1) is 23.4 Å². The Bertz CT molecular complexity index is 1050. The van der Waals surface area contributed by atoms with Crippen LogP contribution in [0.4, 0.5) is 5.69 Å². The number of carbonyl (C=O) groups excluding carboxylic acids is 1. The summed E-state index contributed by atoms with van der Waals surface area (Å²) in [6.45, 7) is 1.61. The molecule has 2 aromatic rings. The van der Waals surface area contributed by atoms with Crippen LogP contribution in [0.1, 0.15) is 21.5 Å². The molecule has 2 aromatic carbocycles. The number of ketones is 1. The second-order valence-electron chi connectivity index (χ2n) is 6.15. The average molecular weight is 402 g/mol. The molecule has 148 valence electrons. The number of hydrogen-bond acceptors (Lipinski definition) is 8. The van der Waals surface area contributed by atoms with Crippen molar-refractivity contribution < 1.29 is 17.9 Å². The minimum Gasteiger partial charge on any atom is -0.481 e. The maximum absolute atomic E-state index is 13.2. The molecule has 0 unspecified atom stereocenters. The maximum atomic E-state index is 13.2. The summed E-state index contributed by atoms with van der Waals surface area (Å²) in [7, 11) is -2.42. The summed E-state index contributed by atoms with van der Waals surface area (Å²) in [4.78, 5) is 17.1. The van der Waals surface area contributed by atoms with Gasteiger partial charge in [-0.15, -0.1) is 0 Å². The first kappa shape index (κ1) is 20.0. The minimum atomic E-state index is -3.86. The molecule has 1 aliphatic rings. The third kappa shape index (κ3) is 3.51. The van der Waals surface area contributed by atoms with Gasteiger partial charge >= 0.3 is 0 Å². The Morgan fingerprint density at radius 2 is 1.86 bits per heavy atom. The van der Waals surface area contributed by atoms with Crippen LogP contribution >= 0.6 is 0 Å². The first-order valence-corrected chi connectivity index (χ1v) is 10.2. The normalized spacial score (nSPS) is 15.0. The van der Waals surface area contributed by atoms with Gasteiger partial charge in [0.2, 0.25) is 15.7 Å². The Kier molecular flexibility index (Phi) is 5.78. The summed E-state index contributed by atoms with van der Waals surface area (Å²) in [5.41, 5.74) is 12.3. The predicted octanol–water partition coefficient (Wildman–Crippen LogP) is 0.786. The number of rotatable bonds is 6. The number of hydrogen-bond donors (Lipinski definition) is 3. The number of benzene rings is 2. The van der Waals surface area contributed by atoms with Gasteiger partial charge in [0.1, 0.15) is 0 Å². The van der Waals surface area contributed by atoms with Crippen LogP contribution < -0.4 is 16.8 Å². The Morgan fingerprint density at radius 1 is 1.07 bits per heavy atom. The molecule has 0 saturated heterocycles. The summed E-state index contributed by atoms with van der Waals surface area (Å²) in [6, 6.07) is 9.14. The zero-order chi connectivity index (χ0) is 20.3. The number of methoxy groups -OCH3 is 1. The molecule has 0 atom stereocenters. The van der Waals surface area contributed by atoms with E-state index in [9.17, 15) is 13.2 Å². The molecule has 0 saturated carbocycles. The molecule has 0 aliphatic carbocycles. The fourth-order valence-electron chi connectivity index (χ4n) is 3.04. The van der Waals surface area contributed by atoms with Crippen LogP contribution in [0.3, 0.4) is 0 Å².